The van der Waals surface area contributed by atoms with Crippen LogP contribution in [0.4, 0.5) is 4.39 Å². The molecule has 3 nitrogen and oxygen atoms in total. The van der Waals surface area contributed by atoms with Crippen LogP contribution in [-0.4, -0.2) is 9.97 Å². The van der Waals surface area contributed by atoms with E-state index in [2.05, 4.69) is 9.97 Å². The average molecular weight is 268 g/mol. The standard InChI is InChI=1S/C11H4Cl2FN3/c12-7-1-2-9(14)8(3-7)11-16-5-6(4-15)10(13)17-11/h1-3,5H. The quantitative estimate of drug-likeness (QED) is 0.744. The number of benzene rings is 1. The summed E-state index contributed by atoms with van der Waals surface area (Å²) in [4.78, 5) is 7.72. The average Bonchev–Trinajstić information content (AvgIpc) is 2.32. The van der Waals surface area contributed by atoms with E-state index in [-0.39, 0.29) is 22.1 Å². The van der Waals surface area contributed by atoms with Crippen LogP contribution in [0.1, 0.15) is 5.56 Å². The molecule has 17 heavy (non-hydrogen) atoms. The Kier molecular flexibility index (Phi) is 3.23. The lowest BCUT2D eigenvalue weighted by Crippen LogP contribution is -1.94. The third-order valence-corrected chi connectivity index (χ3v) is 2.56. The van der Waals surface area contributed by atoms with Crippen molar-refractivity contribution < 1.29 is 4.39 Å². The molecule has 0 N–H and O–H groups in total. The number of hydrogen-bond acceptors (Lipinski definition) is 3. The van der Waals surface area contributed by atoms with Gasteiger partial charge in [-0.15, -0.1) is 0 Å². The molecule has 0 aliphatic carbocycles. The Labute approximate surface area is 106 Å². The van der Waals surface area contributed by atoms with Crippen LogP contribution in [0.5, 0.6) is 0 Å². The van der Waals surface area contributed by atoms with Gasteiger partial charge >= 0.3 is 0 Å². The van der Waals surface area contributed by atoms with Crippen molar-refractivity contribution in [3.8, 4) is 17.5 Å². The molecule has 6 heteroatoms. The minimum atomic E-state index is -0.504. The molecule has 1 heterocycles. The van der Waals surface area contributed by atoms with E-state index in [0.29, 0.717) is 5.02 Å². The summed E-state index contributed by atoms with van der Waals surface area (Å²) in [6, 6.07) is 5.86. The third-order valence-electron chi connectivity index (χ3n) is 2.03. The molecule has 0 saturated carbocycles. The molecule has 0 aliphatic rings. The zero-order chi connectivity index (χ0) is 12.4. The molecule has 2 rings (SSSR count). The summed E-state index contributed by atoms with van der Waals surface area (Å²) in [6.45, 7) is 0. The van der Waals surface area contributed by atoms with Crippen LogP contribution in [0.15, 0.2) is 24.4 Å². The van der Waals surface area contributed by atoms with Gasteiger partial charge in [0.1, 0.15) is 17.4 Å². The van der Waals surface area contributed by atoms with Gasteiger partial charge < -0.3 is 0 Å². The van der Waals surface area contributed by atoms with Crippen molar-refractivity contribution in [2.75, 3.05) is 0 Å². The van der Waals surface area contributed by atoms with Gasteiger partial charge in [0.05, 0.1) is 11.8 Å². The van der Waals surface area contributed by atoms with Crippen LogP contribution in [0.2, 0.25) is 10.2 Å². The molecule has 0 atom stereocenters. The van der Waals surface area contributed by atoms with Gasteiger partial charge in [-0.3, -0.25) is 0 Å². The number of nitrogens with zero attached hydrogens (tertiary/aromatic N) is 3. The van der Waals surface area contributed by atoms with E-state index in [4.69, 9.17) is 28.5 Å². The van der Waals surface area contributed by atoms with Crippen LogP contribution in [0, 0.1) is 17.1 Å². The van der Waals surface area contributed by atoms with Gasteiger partial charge in [-0.1, -0.05) is 23.2 Å². The van der Waals surface area contributed by atoms with E-state index < -0.39 is 5.82 Å². The fourth-order valence-corrected chi connectivity index (χ4v) is 1.58. The smallest absolute Gasteiger partial charge is 0.163 e. The summed E-state index contributed by atoms with van der Waals surface area (Å²) in [7, 11) is 0. The van der Waals surface area contributed by atoms with E-state index in [9.17, 15) is 4.39 Å². The summed E-state index contributed by atoms with van der Waals surface area (Å²) < 4.78 is 13.5. The Morgan fingerprint density at radius 2 is 2.06 bits per heavy atom. The van der Waals surface area contributed by atoms with E-state index in [1.165, 1.54) is 24.4 Å². The van der Waals surface area contributed by atoms with Crippen molar-refractivity contribution in [2.45, 2.75) is 0 Å². The van der Waals surface area contributed by atoms with Crippen molar-refractivity contribution in [1.29, 1.82) is 5.26 Å². The second kappa shape index (κ2) is 4.66. The zero-order valence-electron chi connectivity index (χ0n) is 8.28. The van der Waals surface area contributed by atoms with Crippen molar-refractivity contribution in [1.82, 2.24) is 9.97 Å². The molecular formula is C11H4Cl2FN3. The van der Waals surface area contributed by atoms with Crippen LogP contribution in [0.25, 0.3) is 11.4 Å². The van der Waals surface area contributed by atoms with Crippen LogP contribution in [0.3, 0.4) is 0 Å². The Hall–Kier alpha value is -1.70. The SMILES string of the molecule is N#Cc1cnc(-c2cc(Cl)ccc2F)nc1Cl. The summed E-state index contributed by atoms with van der Waals surface area (Å²) in [5.41, 5.74) is 0.279. The van der Waals surface area contributed by atoms with Crippen molar-refractivity contribution >= 4 is 23.2 Å². The highest BCUT2D eigenvalue weighted by Gasteiger charge is 2.11. The van der Waals surface area contributed by atoms with Gasteiger partial charge in [0.15, 0.2) is 11.0 Å². The molecule has 0 saturated heterocycles. The molecule has 0 amide bonds. The van der Waals surface area contributed by atoms with E-state index >= 15 is 0 Å². The molecule has 0 radical (unpaired) electrons. The number of rotatable bonds is 1. The minimum absolute atomic E-state index is 0.0168. The molecule has 84 valence electrons. The van der Waals surface area contributed by atoms with E-state index in [1.54, 1.807) is 0 Å². The molecule has 1 aromatic heterocycles. The van der Waals surface area contributed by atoms with Gasteiger partial charge in [-0.2, -0.15) is 5.26 Å². The highest BCUT2D eigenvalue weighted by atomic mass is 35.5. The maximum Gasteiger partial charge on any atom is 0.163 e. The fraction of sp³-hybridized carbons (Fsp3) is 0. The Morgan fingerprint density at radius 3 is 2.71 bits per heavy atom. The summed E-state index contributed by atoms with van der Waals surface area (Å²) in [6.07, 6.45) is 1.24. The lowest BCUT2D eigenvalue weighted by molar-refractivity contribution is 0.630. The Balaban J connectivity index is 2.58. The lowest BCUT2D eigenvalue weighted by Gasteiger charge is -2.03. The Bertz CT molecular complexity index is 623. The second-order valence-corrected chi connectivity index (χ2v) is 3.93. The van der Waals surface area contributed by atoms with Gasteiger partial charge in [0.2, 0.25) is 0 Å². The molecule has 0 fully saturated rings. The number of aromatic nitrogens is 2. The Morgan fingerprint density at radius 1 is 1.29 bits per heavy atom. The molecule has 0 unspecified atom stereocenters. The highest BCUT2D eigenvalue weighted by molar-refractivity contribution is 6.31. The summed E-state index contributed by atoms with van der Waals surface area (Å²) in [5.74, 6) is -0.413. The first-order chi connectivity index (χ1) is 8.11. The van der Waals surface area contributed by atoms with E-state index in [0.717, 1.165) is 0 Å². The topological polar surface area (TPSA) is 49.6 Å². The zero-order valence-corrected chi connectivity index (χ0v) is 9.80. The predicted molar refractivity (Wildman–Crippen MR) is 62.2 cm³/mol. The molecular weight excluding hydrogens is 264 g/mol. The minimum Gasteiger partial charge on any atom is -0.235 e. The first kappa shape index (κ1) is 11.8. The maximum atomic E-state index is 13.5. The second-order valence-electron chi connectivity index (χ2n) is 3.13. The van der Waals surface area contributed by atoms with Gasteiger partial charge in [0, 0.05) is 5.02 Å². The maximum absolute atomic E-state index is 13.5. The molecule has 0 spiro atoms. The molecule has 0 aliphatic heterocycles. The third kappa shape index (κ3) is 2.36. The predicted octanol–water partition coefficient (Wildman–Crippen LogP) is 3.46. The largest absolute Gasteiger partial charge is 0.235 e. The van der Waals surface area contributed by atoms with Crippen molar-refractivity contribution in [2.24, 2.45) is 0 Å². The lowest BCUT2D eigenvalue weighted by atomic mass is 10.2. The van der Waals surface area contributed by atoms with Crippen molar-refractivity contribution in [3.05, 3.63) is 46.0 Å². The molecule has 0 bridgehead atoms. The highest BCUT2D eigenvalue weighted by Crippen LogP contribution is 2.24. The number of halogens is 3. The monoisotopic (exact) mass is 267 g/mol. The summed E-state index contributed by atoms with van der Waals surface area (Å²) >= 11 is 11.5. The molecule has 2 aromatic rings. The van der Waals surface area contributed by atoms with Gasteiger partial charge in [-0.25, -0.2) is 14.4 Å². The van der Waals surface area contributed by atoms with Crippen LogP contribution < -0.4 is 0 Å². The number of hydrogen-bond donors (Lipinski definition) is 0. The summed E-state index contributed by atoms with van der Waals surface area (Å²) in [5, 5.41) is 9.02. The van der Waals surface area contributed by atoms with Gasteiger partial charge in [0.25, 0.3) is 0 Å². The van der Waals surface area contributed by atoms with Crippen LogP contribution in [-0.2, 0) is 0 Å². The van der Waals surface area contributed by atoms with E-state index in [1.807, 2.05) is 6.07 Å². The first-order valence-corrected chi connectivity index (χ1v) is 5.25. The van der Waals surface area contributed by atoms with Gasteiger partial charge in [-0.05, 0) is 18.2 Å². The van der Waals surface area contributed by atoms with Crippen LogP contribution >= 0.6 is 23.2 Å². The van der Waals surface area contributed by atoms with Crippen molar-refractivity contribution in [3.63, 3.8) is 0 Å². The molecule has 1 aromatic carbocycles. The first-order valence-electron chi connectivity index (χ1n) is 4.50. The fourth-order valence-electron chi connectivity index (χ4n) is 1.23. The normalized spacial score (nSPS) is 10.0. The number of nitriles is 1.